The molecule has 2 aromatic rings. The van der Waals surface area contributed by atoms with Crippen molar-refractivity contribution in [3.63, 3.8) is 0 Å². The SMILES string of the molecule is CC1(C)[C@@H](C(=O)OC(c2ccccc2)c2ccccc2)N2C(=O)[C@@H](Br)[C@@H]2S1=O. The number of β-lactam (4-membered cyclic amide) rings is 1. The number of fused-ring (bicyclic) bond motifs is 1. The number of esters is 1. The molecule has 0 aromatic heterocycles. The lowest BCUT2D eigenvalue weighted by Gasteiger charge is -2.40. The molecule has 0 aliphatic carbocycles. The van der Waals surface area contributed by atoms with E-state index in [-0.39, 0.29) is 5.91 Å². The van der Waals surface area contributed by atoms with Crippen LogP contribution in [0.25, 0.3) is 0 Å². The molecule has 146 valence electrons. The molecule has 4 rings (SSSR count). The van der Waals surface area contributed by atoms with Crippen LogP contribution in [0.4, 0.5) is 0 Å². The molecular weight excluding hydrogens is 442 g/mol. The molecule has 5 nitrogen and oxygen atoms in total. The van der Waals surface area contributed by atoms with Crippen molar-refractivity contribution in [1.29, 1.82) is 0 Å². The molecule has 0 spiro atoms. The van der Waals surface area contributed by atoms with E-state index in [0.29, 0.717) is 0 Å². The Morgan fingerprint density at radius 2 is 1.57 bits per heavy atom. The van der Waals surface area contributed by atoms with E-state index in [9.17, 15) is 13.8 Å². The number of ether oxygens (including phenoxy) is 1. The second-order valence-electron chi connectivity index (χ2n) is 7.48. The zero-order valence-corrected chi connectivity index (χ0v) is 17.9. The van der Waals surface area contributed by atoms with E-state index in [2.05, 4.69) is 15.9 Å². The Labute approximate surface area is 174 Å². The van der Waals surface area contributed by atoms with E-state index in [0.717, 1.165) is 11.1 Å². The molecule has 2 aliphatic rings. The highest BCUT2D eigenvalue weighted by molar-refractivity contribution is 9.10. The fourth-order valence-corrected chi connectivity index (χ4v) is 6.75. The van der Waals surface area contributed by atoms with E-state index >= 15 is 0 Å². The van der Waals surface area contributed by atoms with Crippen molar-refractivity contribution in [1.82, 2.24) is 4.90 Å². The van der Waals surface area contributed by atoms with Crippen LogP contribution in [0.3, 0.4) is 0 Å². The highest BCUT2D eigenvalue weighted by Crippen LogP contribution is 2.46. The number of carbonyl (C=O) groups is 2. The smallest absolute Gasteiger partial charge is 0.331 e. The van der Waals surface area contributed by atoms with Gasteiger partial charge in [0.05, 0.1) is 15.5 Å². The van der Waals surface area contributed by atoms with E-state index in [1.807, 2.05) is 60.7 Å². The first-order valence-electron chi connectivity index (χ1n) is 9.01. The fourth-order valence-electron chi connectivity index (χ4n) is 3.85. The van der Waals surface area contributed by atoms with Gasteiger partial charge in [-0.05, 0) is 25.0 Å². The molecule has 28 heavy (non-hydrogen) atoms. The molecule has 2 aromatic carbocycles. The standard InChI is InChI=1S/C21H20BrNO4S/c1-21(2)17(23-18(24)15(22)19(23)28(21)26)20(25)27-16(13-9-5-3-6-10-13)14-11-7-4-8-12-14/h3-12,15-17,19H,1-2H3/t15-,17-,19+,28?/m1/s1. The monoisotopic (exact) mass is 461 g/mol. The van der Waals surface area contributed by atoms with Crippen LogP contribution in [0.15, 0.2) is 60.7 Å². The third kappa shape index (κ3) is 2.92. The number of halogens is 1. The Kier molecular flexibility index (Phi) is 4.91. The summed E-state index contributed by atoms with van der Waals surface area (Å²) in [6.45, 7) is 3.50. The van der Waals surface area contributed by atoms with Crippen molar-refractivity contribution in [3.8, 4) is 0 Å². The summed E-state index contributed by atoms with van der Waals surface area (Å²) in [7, 11) is -1.37. The fraction of sp³-hybridized carbons (Fsp3) is 0.333. The Hall–Kier alpha value is -1.99. The summed E-state index contributed by atoms with van der Waals surface area (Å²) in [6, 6.07) is 18.1. The van der Waals surface area contributed by atoms with Crippen LogP contribution in [0.2, 0.25) is 0 Å². The van der Waals surface area contributed by atoms with Gasteiger partial charge < -0.3 is 9.64 Å². The number of amides is 1. The minimum atomic E-state index is -1.37. The van der Waals surface area contributed by atoms with Crippen molar-refractivity contribution < 1.29 is 18.5 Å². The molecule has 7 heteroatoms. The van der Waals surface area contributed by atoms with Gasteiger partial charge in [0.25, 0.3) is 0 Å². The quantitative estimate of drug-likeness (QED) is 0.398. The largest absolute Gasteiger partial charge is 0.451 e. The predicted molar refractivity (Wildman–Crippen MR) is 110 cm³/mol. The van der Waals surface area contributed by atoms with Gasteiger partial charge >= 0.3 is 5.97 Å². The average molecular weight is 462 g/mol. The molecule has 1 amide bonds. The molecule has 0 radical (unpaired) electrons. The third-order valence-electron chi connectivity index (χ3n) is 5.35. The lowest BCUT2D eigenvalue weighted by Crippen LogP contribution is -2.64. The number of benzene rings is 2. The Bertz CT molecular complexity index is 894. The topological polar surface area (TPSA) is 63.7 Å². The summed E-state index contributed by atoms with van der Waals surface area (Å²) in [5, 5.41) is -0.494. The zero-order chi connectivity index (χ0) is 20.1. The zero-order valence-electron chi connectivity index (χ0n) is 15.4. The number of nitrogens with zero attached hydrogens (tertiary/aromatic N) is 1. The maximum absolute atomic E-state index is 13.2. The lowest BCUT2D eigenvalue weighted by atomic mass is 9.97. The number of alkyl halides is 1. The van der Waals surface area contributed by atoms with Crippen LogP contribution >= 0.6 is 15.9 Å². The average Bonchev–Trinajstić information content (AvgIpc) is 2.91. The second-order valence-corrected chi connectivity index (χ2v) is 10.6. The van der Waals surface area contributed by atoms with E-state index in [1.165, 1.54) is 4.90 Å². The van der Waals surface area contributed by atoms with Gasteiger partial charge in [0.15, 0.2) is 6.10 Å². The molecule has 2 heterocycles. The second kappa shape index (κ2) is 7.12. The third-order valence-corrected chi connectivity index (χ3v) is 8.79. The van der Waals surface area contributed by atoms with Crippen LogP contribution in [-0.4, -0.2) is 42.0 Å². The van der Waals surface area contributed by atoms with E-state index < -0.39 is 43.9 Å². The van der Waals surface area contributed by atoms with Gasteiger partial charge in [-0.1, -0.05) is 76.6 Å². The summed E-state index contributed by atoms with van der Waals surface area (Å²) in [4.78, 5) is 26.5. The van der Waals surface area contributed by atoms with Crippen molar-refractivity contribution in [2.24, 2.45) is 0 Å². The first kappa shape index (κ1) is 19.3. The Morgan fingerprint density at radius 1 is 1.07 bits per heavy atom. The minimum absolute atomic E-state index is 0.221. The molecule has 2 aliphatic heterocycles. The molecular formula is C21H20BrNO4S. The van der Waals surface area contributed by atoms with Gasteiger partial charge in [-0.25, -0.2) is 4.79 Å². The molecule has 0 N–H and O–H groups in total. The van der Waals surface area contributed by atoms with Crippen molar-refractivity contribution in [2.45, 2.75) is 40.9 Å². The summed E-state index contributed by atoms with van der Waals surface area (Å²) >= 11 is 3.29. The van der Waals surface area contributed by atoms with Crippen LogP contribution in [-0.2, 0) is 25.1 Å². The van der Waals surface area contributed by atoms with Gasteiger partial charge in [-0.2, -0.15) is 0 Å². The van der Waals surface area contributed by atoms with Gasteiger partial charge in [-0.15, -0.1) is 0 Å². The normalized spacial score (nSPS) is 28.0. The first-order valence-corrected chi connectivity index (χ1v) is 11.1. The Balaban J connectivity index is 1.67. The van der Waals surface area contributed by atoms with Crippen LogP contribution < -0.4 is 0 Å². The van der Waals surface area contributed by atoms with Crippen molar-refractivity contribution in [2.75, 3.05) is 0 Å². The van der Waals surface area contributed by atoms with Crippen LogP contribution in [0, 0.1) is 0 Å². The molecule has 0 bridgehead atoms. The maximum Gasteiger partial charge on any atom is 0.331 e. The van der Waals surface area contributed by atoms with E-state index in [4.69, 9.17) is 4.74 Å². The highest BCUT2D eigenvalue weighted by Gasteiger charge is 2.67. The highest BCUT2D eigenvalue weighted by atomic mass is 79.9. The Morgan fingerprint density at radius 3 is 2.07 bits per heavy atom. The number of hydrogen-bond acceptors (Lipinski definition) is 4. The molecule has 2 fully saturated rings. The summed E-state index contributed by atoms with van der Waals surface area (Å²) in [5.74, 6) is -0.756. The van der Waals surface area contributed by atoms with E-state index in [1.54, 1.807) is 13.8 Å². The molecule has 0 saturated carbocycles. The molecule has 4 atom stereocenters. The predicted octanol–water partition coefficient (Wildman–Crippen LogP) is 3.16. The first-order chi connectivity index (χ1) is 13.3. The van der Waals surface area contributed by atoms with Crippen LogP contribution in [0.1, 0.15) is 31.1 Å². The number of carbonyl (C=O) groups excluding carboxylic acids is 2. The van der Waals surface area contributed by atoms with Crippen LogP contribution in [0.5, 0.6) is 0 Å². The van der Waals surface area contributed by atoms with Crippen molar-refractivity contribution >= 4 is 38.6 Å². The van der Waals surface area contributed by atoms with Gasteiger partial charge in [0.1, 0.15) is 16.2 Å². The number of hydrogen-bond donors (Lipinski definition) is 0. The van der Waals surface area contributed by atoms with Gasteiger partial charge in [0, 0.05) is 0 Å². The van der Waals surface area contributed by atoms with Crippen molar-refractivity contribution in [3.05, 3.63) is 71.8 Å². The lowest BCUT2D eigenvalue weighted by molar-refractivity contribution is -0.163. The number of rotatable bonds is 4. The molecule has 1 unspecified atom stereocenters. The minimum Gasteiger partial charge on any atom is -0.451 e. The summed E-state index contributed by atoms with van der Waals surface area (Å²) in [6.07, 6.45) is -0.602. The summed E-state index contributed by atoms with van der Waals surface area (Å²) < 4.78 is 17.9. The van der Waals surface area contributed by atoms with Gasteiger partial charge in [-0.3, -0.25) is 9.00 Å². The van der Waals surface area contributed by atoms with Gasteiger partial charge in [0.2, 0.25) is 5.91 Å². The molecule has 2 saturated heterocycles. The maximum atomic E-state index is 13.2. The summed E-state index contributed by atoms with van der Waals surface area (Å²) in [5.41, 5.74) is 1.67.